The molecule has 20 heavy (non-hydrogen) atoms. The van der Waals surface area contributed by atoms with E-state index in [0.29, 0.717) is 28.4 Å². The number of imidazole rings is 1. The van der Waals surface area contributed by atoms with Crippen LogP contribution in [0, 0.1) is 6.92 Å². The highest BCUT2D eigenvalue weighted by Crippen LogP contribution is 2.26. The summed E-state index contributed by atoms with van der Waals surface area (Å²) < 4.78 is 6.69. The topological polar surface area (TPSA) is 72.8 Å². The first-order valence-corrected chi connectivity index (χ1v) is 6.28. The summed E-state index contributed by atoms with van der Waals surface area (Å²) in [6.07, 6.45) is 0. The number of para-hydroxylation sites is 2. The number of nitrogens with one attached hydrogen (secondary N) is 1. The third-order valence-corrected chi connectivity index (χ3v) is 3.19. The smallest absolute Gasteiger partial charge is 0.332 e. The maximum atomic E-state index is 12.2. The number of benzene rings is 1. The summed E-state index contributed by atoms with van der Waals surface area (Å²) in [6, 6.07) is 7.17. The summed E-state index contributed by atoms with van der Waals surface area (Å²) in [4.78, 5) is 23.1. The first kappa shape index (κ1) is 12.7. The maximum absolute atomic E-state index is 12.2. The fourth-order valence-electron chi connectivity index (χ4n) is 2.12. The maximum Gasteiger partial charge on any atom is 0.332 e. The molecule has 3 aromatic rings. The molecule has 1 aromatic carbocycles. The van der Waals surface area contributed by atoms with Crippen molar-refractivity contribution in [3.63, 3.8) is 0 Å². The van der Waals surface area contributed by atoms with Crippen molar-refractivity contribution < 1.29 is 4.74 Å². The number of aryl methyl sites for hydroxylation is 1. The predicted octanol–water partition coefficient (Wildman–Crippen LogP) is 2.08. The molecule has 0 radical (unpaired) electrons. The first-order chi connectivity index (χ1) is 9.61. The number of halogens is 1. The Morgan fingerprint density at radius 2 is 2.05 bits per heavy atom. The second-order valence-electron chi connectivity index (χ2n) is 4.20. The van der Waals surface area contributed by atoms with Crippen LogP contribution >= 0.6 is 11.6 Å². The van der Waals surface area contributed by atoms with Gasteiger partial charge in [0.15, 0.2) is 10.8 Å². The highest BCUT2D eigenvalue weighted by molar-refractivity contribution is 6.33. The van der Waals surface area contributed by atoms with Gasteiger partial charge < -0.3 is 4.74 Å². The number of aromatic nitrogens is 4. The molecule has 0 unspecified atom stereocenters. The van der Waals surface area contributed by atoms with Gasteiger partial charge in [-0.15, -0.1) is 0 Å². The minimum absolute atomic E-state index is 0.219. The molecule has 2 heterocycles. The lowest BCUT2D eigenvalue weighted by Crippen LogP contribution is -2.15. The molecule has 0 atom stereocenters. The normalized spacial score (nSPS) is 10.9. The van der Waals surface area contributed by atoms with Gasteiger partial charge in [0.25, 0.3) is 0 Å². The van der Waals surface area contributed by atoms with E-state index < -0.39 is 0 Å². The Bertz CT molecular complexity index is 853. The molecular weight excluding hydrogens is 280 g/mol. The quantitative estimate of drug-likeness (QED) is 0.733. The second kappa shape index (κ2) is 4.64. The van der Waals surface area contributed by atoms with Gasteiger partial charge in [0, 0.05) is 0 Å². The molecular formula is C13H11ClN4O2. The zero-order chi connectivity index (χ0) is 14.3. The largest absolute Gasteiger partial charge is 0.495 e. The molecule has 2 aromatic heterocycles. The van der Waals surface area contributed by atoms with Gasteiger partial charge in [-0.1, -0.05) is 23.7 Å². The summed E-state index contributed by atoms with van der Waals surface area (Å²) >= 11 is 6.15. The van der Waals surface area contributed by atoms with Gasteiger partial charge in [-0.2, -0.15) is 0 Å². The van der Waals surface area contributed by atoms with Crippen LogP contribution in [-0.4, -0.2) is 26.6 Å². The minimum Gasteiger partial charge on any atom is -0.495 e. The van der Waals surface area contributed by atoms with Crippen molar-refractivity contribution in [1.29, 1.82) is 0 Å². The summed E-state index contributed by atoms with van der Waals surface area (Å²) in [5.41, 5.74) is 1.08. The van der Waals surface area contributed by atoms with Crippen molar-refractivity contribution in [3.8, 4) is 11.4 Å². The van der Waals surface area contributed by atoms with Gasteiger partial charge in [0.05, 0.1) is 12.8 Å². The van der Waals surface area contributed by atoms with Crippen LogP contribution in [0.1, 0.15) is 5.82 Å². The van der Waals surface area contributed by atoms with E-state index in [9.17, 15) is 4.79 Å². The number of nitrogens with zero attached hydrogens (tertiary/aromatic N) is 3. The lowest BCUT2D eigenvalue weighted by atomic mass is 10.3. The number of H-pyrrole nitrogens is 1. The van der Waals surface area contributed by atoms with Crippen molar-refractivity contribution in [3.05, 3.63) is 45.7 Å². The number of rotatable bonds is 2. The van der Waals surface area contributed by atoms with E-state index in [-0.39, 0.29) is 10.8 Å². The van der Waals surface area contributed by atoms with Gasteiger partial charge in [-0.25, -0.2) is 14.8 Å². The van der Waals surface area contributed by atoms with Crippen molar-refractivity contribution in [2.24, 2.45) is 0 Å². The zero-order valence-electron chi connectivity index (χ0n) is 10.8. The molecule has 0 aliphatic rings. The second-order valence-corrected chi connectivity index (χ2v) is 4.55. The number of fused-ring (bicyclic) bond motifs is 1. The van der Waals surface area contributed by atoms with E-state index in [1.165, 1.54) is 4.57 Å². The molecule has 7 heteroatoms. The number of aromatic amines is 1. The van der Waals surface area contributed by atoms with Gasteiger partial charge >= 0.3 is 5.69 Å². The molecule has 0 spiro atoms. The number of methoxy groups -OCH3 is 1. The van der Waals surface area contributed by atoms with Crippen molar-refractivity contribution in [1.82, 2.24) is 19.5 Å². The van der Waals surface area contributed by atoms with Gasteiger partial charge in [-0.3, -0.25) is 9.55 Å². The van der Waals surface area contributed by atoms with Crippen LogP contribution < -0.4 is 10.4 Å². The van der Waals surface area contributed by atoms with E-state index in [1.54, 1.807) is 26.2 Å². The van der Waals surface area contributed by atoms with Crippen LogP contribution in [0.25, 0.3) is 16.9 Å². The van der Waals surface area contributed by atoms with E-state index in [2.05, 4.69) is 15.0 Å². The fraction of sp³-hybridized carbons (Fsp3) is 0.154. The van der Waals surface area contributed by atoms with Crippen molar-refractivity contribution >= 4 is 22.8 Å². The Kier molecular flexibility index (Phi) is 2.94. The van der Waals surface area contributed by atoms with Gasteiger partial charge in [0.1, 0.15) is 17.1 Å². The van der Waals surface area contributed by atoms with Crippen LogP contribution in [0.2, 0.25) is 5.15 Å². The molecule has 3 rings (SSSR count). The summed E-state index contributed by atoms with van der Waals surface area (Å²) in [5.74, 6) is 1.06. The summed E-state index contributed by atoms with van der Waals surface area (Å²) in [6.45, 7) is 1.71. The Labute approximate surface area is 119 Å². The molecule has 102 valence electrons. The van der Waals surface area contributed by atoms with E-state index in [4.69, 9.17) is 16.3 Å². The van der Waals surface area contributed by atoms with Gasteiger partial charge in [0.2, 0.25) is 0 Å². The van der Waals surface area contributed by atoms with Gasteiger partial charge in [-0.05, 0) is 19.1 Å². The Balaban J connectivity index is 2.42. The molecule has 0 amide bonds. The molecule has 0 aliphatic heterocycles. The number of hydrogen-bond donors (Lipinski definition) is 1. The van der Waals surface area contributed by atoms with Crippen LogP contribution in [0.3, 0.4) is 0 Å². The standard InChI is InChI=1S/C13H11ClN4O2/c1-7-15-11(14)10-12(16-7)17-13(19)18(10)8-5-3-4-6-9(8)20-2/h3-6H,1-2H3,(H,15,16,17,19). The van der Waals surface area contributed by atoms with Crippen LogP contribution in [0.5, 0.6) is 5.75 Å². The molecule has 0 aliphatic carbocycles. The van der Waals surface area contributed by atoms with Crippen LogP contribution in [0.15, 0.2) is 29.1 Å². The van der Waals surface area contributed by atoms with Crippen LogP contribution in [0.4, 0.5) is 0 Å². The lowest BCUT2D eigenvalue weighted by molar-refractivity contribution is 0.413. The Morgan fingerprint density at radius 1 is 1.30 bits per heavy atom. The zero-order valence-corrected chi connectivity index (χ0v) is 11.6. The average Bonchev–Trinajstić information content (AvgIpc) is 2.74. The molecule has 0 saturated carbocycles. The van der Waals surface area contributed by atoms with E-state index in [1.807, 2.05) is 12.1 Å². The monoisotopic (exact) mass is 290 g/mol. The third-order valence-electron chi connectivity index (χ3n) is 2.93. The third kappa shape index (κ3) is 1.85. The van der Waals surface area contributed by atoms with E-state index >= 15 is 0 Å². The highest BCUT2D eigenvalue weighted by Gasteiger charge is 2.17. The number of hydrogen-bond acceptors (Lipinski definition) is 4. The SMILES string of the molecule is COc1ccccc1-n1c(=O)[nH]c2nc(C)nc(Cl)c21. The molecule has 6 nitrogen and oxygen atoms in total. The molecule has 1 N–H and O–H groups in total. The Morgan fingerprint density at radius 3 is 2.80 bits per heavy atom. The highest BCUT2D eigenvalue weighted by atomic mass is 35.5. The average molecular weight is 291 g/mol. The van der Waals surface area contributed by atoms with Crippen LogP contribution in [-0.2, 0) is 0 Å². The summed E-state index contributed by atoms with van der Waals surface area (Å²) in [5, 5.41) is 0.219. The minimum atomic E-state index is -0.341. The Hall–Kier alpha value is -2.34. The fourth-order valence-corrected chi connectivity index (χ4v) is 2.42. The number of ether oxygens (including phenoxy) is 1. The first-order valence-electron chi connectivity index (χ1n) is 5.90. The van der Waals surface area contributed by atoms with Crippen molar-refractivity contribution in [2.45, 2.75) is 6.92 Å². The van der Waals surface area contributed by atoms with E-state index in [0.717, 1.165) is 0 Å². The summed E-state index contributed by atoms with van der Waals surface area (Å²) in [7, 11) is 1.54. The van der Waals surface area contributed by atoms with Crippen molar-refractivity contribution in [2.75, 3.05) is 7.11 Å². The predicted molar refractivity (Wildman–Crippen MR) is 75.8 cm³/mol. The molecule has 0 saturated heterocycles. The molecule has 0 bridgehead atoms. The molecule has 0 fully saturated rings. The lowest BCUT2D eigenvalue weighted by Gasteiger charge is -2.09.